The Kier molecular flexibility index (Phi) is 8.44. The number of aliphatic imine (C=N–C) groups is 1. The highest BCUT2D eigenvalue weighted by molar-refractivity contribution is 5.56. The third kappa shape index (κ3) is 9.15. The van der Waals surface area contributed by atoms with E-state index in [4.69, 9.17) is 0 Å². The molecule has 0 aromatic heterocycles. The van der Waals surface area contributed by atoms with Gasteiger partial charge in [-0.05, 0) is 31.9 Å². The quantitative estimate of drug-likeness (QED) is 0.301. The van der Waals surface area contributed by atoms with Crippen molar-refractivity contribution in [3.8, 4) is 0 Å². The van der Waals surface area contributed by atoms with Gasteiger partial charge in [-0.25, -0.2) is 0 Å². The van der Waals surface area contributed by atoms with Crippen molar-refractivity contribution in [2.24, 2.45) is 4.99 Å². The van der Waals surface area contributed by atoms with E-state index in [1.165, 1.54) is 6.42 Å². The van der Waals surface area contributed by atoms with E-state index in [2.05, 4.69) is 18.2 Å². The molecule has 1 nitrogen and oxygen atoms in total. The zero-order valence-electron chi connectivity index (χ0n) is 7.13. The van der Waals surface area contributed by atoms with Crippen molar-refractivity contribution in [2.45, 2.75) is 25.7 Å². The minimum absolute atomic E-state index is 0.886. The molecule has 0 saturated carbocycles. The lowest BCUT2D eigenvalue weighted by molar-refractivity contribution is 0.896. The van der Waals surface area contributed by atoms with E-state index in [0.29, 0.717) is 0 Å². The van der Waals surface area contributed by atoms with Crippen LogP contribution in [-0.2, 0) is 0 Å². The average Bonchev–Trinajstić information content (AvgIpc) is 2.03. The molecule has 11 heavy (non-hydrogen) atoms. The molecule has 62 valence electrons. The molecule has 0 N–H and O–H groups in total. The molecule has 0 saturated heterocycles. The number of rotatable bonds is 7. The van der Waals surface area contributed by atoms with Crippen LogP contribution in [0.2, 0.25) is 0 Å². The second kappa shape index (κ2) is 9.15. The highest BCUT2D eigenvalue weighted by atomic mass is 14.7. The molecule has 0 radical (unpaired) electrons. The zero-order valence-corrected chi connectivity index (χ0v) is 7.13. The van der Waals surface area contributed by atoms with Crippen molar-refractivity contribution in [3.05, 3.63) is 25.3 Å². The predicted octanol–water partition coefficient (Wildman–Crippen LogP) is 2.99. The summed E-state index contributed by atoms with van der Waals surface area (Å²) in [6.07, 6.45) is 10.1. The monoisotopic (exact) mass is 151 g/mol. The van der Waals surface area contributed by atoms with Gasteiger partial charge in [-0.1, -0.05) is 12.2 Å². The van der Waals surface area contributed by atoms with E-state index < -0.39 is 0 Å². The molecule has 0 aliphatic rings. The topological polar surface area (TPSA) is 12.4 Å². The summed E-state index contributed by atoms with van der Waals surface area (Å²) in [6, 6.07) is 0. The fourth-order valence-electron chi connectivity index (χ4n) is 0.702. The first-order valence-electron chi connectivity index (χ1n) is 4.12. The summed E-state index contributed by atoms with van der Waals surface area (Å²) in [7, 11) is 0. The van der Waals surface area contributed by atoms with Crippen molar-refractivity contribution < 1.29 is 0 Å². The highest BCUT2D eigenvalue weighted by Crippen LogP contribution is 1.92. The van der Waals surface area contributed by atoms with Crippen LogP contribution in [0.4, 0.5) is 0 Å². The SMILES string of the molecule is C=CCCCC=NCCC=C. The standard InChI is InChI=1S/C10H17N/c1-3-5-7-8-10-11-9-6-4-2/h3-4,10H,1-2,5-9H2. The van der Waals surface area contributed by atoms with E-state index in [0.717, 1.165) is 25.8 Å². The van der Waals surface area contributed by atoms with Gasteiger partial charge in [0.05, 0.1) is 0 Å². The van der Waals surface area contributed by atoms with Crippen LogP contribution in [0.5, 0.6) is 0 Å². The summed E-state index contributed by atoms with van der Waals surface area (Å²) in [5.41, 5.74) is 0. The van der Waals surface area contributed by atoms with Crippen molar-refractivity contribution in [1.29, 1.82) is 0 Å². The lowest BCUT2D eigenvalue weighted by atomic mass is 10.2. The fraction of sp³-hybridized carbons (Fsp3) is 0.500. The van der Waals surface area contributed by atoms with Crippen LogP contribution in [0.25, 0.3) is 0 Å². The number of nitrogens with zero attached hydrogens (tertiary/aromatic N) is 1. The van der Waals surface area contributed by atoms with Crippen LogP contribution in [0, 0.1) is 0 Å². The summed E-state index contributed by atoms with van der Waals surface area (Å²) < 4.78 is 0. The summed E-state index contributed by atoms with van der Waals surface area (Å²) in [6.45, 7) is 8.16. The van der Waals surface area contributed by atoms with Crippen LogP contribution in [0.1, 0.15) is 25.7 Å². The first-order valence-corrected chi connectivity index (χ1v) is 4.12. The number of allylic oxidation sites excluding steroid dienone is 1. The smallest absolute Gasteiger partial charge is 0.0419 e. The molecule has 0 bridgehead atoms. The van der Waals surface area contributed by atoms with Crippen molar-refractivity contribution in [3.63, 3.8) is 0 Å². The average molecular weight is 151 g/mol. The molecule has 0 aromatic rings. The van der Waals surface area contributed by atoms with Crippen LogP contribution in [0.3, 0.4) is 0 Å². The predicted molar refractivity (Wildman–Crippen MR) is 52.2 cm³/mol. The maximum atomic E-state index is 4.20. The molecule has 0 aliphatic carbocycles. The number of hydrogen-bond donors (Lipinski definition) is 0. The van der Waals surface area contributed by atoms with Gasteiger partial charge in [-0.3, -0.25) is 4.99 Å². The van der Waals surface area contributed by atoms with Crippen LogP contribution < -0.4 is 0 Å². The van der Waals surface area contributed by atoms with Gasteiger partial charge in [0.15, 0.2) is 0 Å². The molecular formula is C10H17N. The van der Waals surface area contributed by atoms with Gasteiger partial charge in [-0.2, -0.15) is 0 Å². The summed E-state index contributed by atoms with van der Waals surface area (Å²) in [5.74, 6) is 0. The van der Waals surface area contributed by atoms with Crippen molar-refractivity contribution in [2.75, 3.05) is 6.54 Å². The lowest BCUT2D eigenvalue weighted by Crippen LogP contribution is -1.80. The van der Waals surface area contributed by atoms with Gasteiger partial charge in [-0.15, -0.1) is 13.2 Å². The largest absolute Gasteiger partial charge is 0.297 e. The normalized spacial score (nSPS) is 10.2. The van der Waals surface area contributed by atoms with Crippen LogP contribution >= 0.6 is 0 Å². The highest BCUT2D eigenvalue weighted by Gasteiger charge is 1.79. The molecule has 0 fully saturated rings. The first kappa shape index (κ1) is 10.2. The van der Waals surface area contributed by atoms with E-state index in [-0.39, 0.29) is 0 Å². The Morgan fingerprint density at radius 3 is 2.36 bits per heavy atom. The molecule has 1 heteroatoms. The van der Waals surface area contributed by atoms with Gasteiger partial charge in [0.25, 0.3) is 0 Å². The van der Waals surface area contributed by atoms with Gasteiger partial charge >= 0.3 is 0 Å². The maximum Gasteiger partial charge on any atom is 0.0419 e. The summed E-state index contributed by atoms with van der Waals surface area (Å²) >= 11 is 0. The first-order chi connectivity index (χ1) is 5.41. The maximum absolute atomic E-state index is 4.20. The Labute approximate surface area is 69.5 Å². The van der Waals surface area contributed by atoms with Crippen LogP contribution in [0.15, 0.2) is 30.3 Å². The van der Waals surface area contributed by atoms with Gasteiger partial charge < -0.3 is 0 Å². The molecule has 0 spiro atoms. The van der Waals surface area contributed by atoms with E-state index in [1.54, 1.807) is 0 Å². The molecule has 0 atom stereocenters. The Balaban J connectivity index is 3.02. The molecule has 0 amide bonds. The fourth-order valence-corrected chi connectivity index (χ4v) is 0.702. The van der Waals surface area contributed by atoms with Gasteiger partial charge in [0.1, 0.15) is 0 Å². The summed E-state index contributed by atoms with van der Waals surface area (Å²) in [5, 5.41) is 0. The van der Waals surface area contributed by atoms with Crippen molar-refractivity contribution >= 4 is 6.21 Å². The molecule has 0 unspecified atom stereocenters. The third-order valence-corrected chi connectivity index (χ3v) is 1.33. The van der Waals surface area contributed by atoms with E-state index in [9.17, 15) is 0 Å². The Hall–Kier alpha value is -0.850. The molecule has 0 heterocycles. The molecule has 0 rings (SSSR count). The minimum Gasteiger partial charge on any atom is -0.297 e. The molecular weight excluding hydrogens is 134 g/mol. The van der Waals surface area contributed by atoms with Gasteiger partial charge in [0.2, 0.25) is 0 Å². The second-order valence-corrected chi connectivity index (χ2v) is 2.39. The third-order valence-electron chi connectivity index (χ3n) is 1.33. The Morgan fingerprint density at radius 2 is 1.73 bits per heavy atom. The lowest BCUT2D eigenvalue weighted by Gasteiger charge is -1.88. The summed E-state index contributed by atoms with van der Waals surface area (Å²) in [4.78, 5) is 4.20. The molecule has 0 aliphatic heterocycles. The van der Waals surface area contributed by atoms with E-state index >= 15 is 0 Å². The number of unbranched alkanes of at least 4 members (excludes halogenated alkanes) is 2. The number of hydrogen-bond acceptors (Lipinski definition) is 1. The van der Waals surface area contributed by atoms with Crippen molar-refractivity contribution in [1.82, 2.24) is 0 Å². The van der Waals surface area contributed by atoms with Gasteiger partial charge in [0, 0.05) is 6.54 Å². The zero-order chi connectivity index (χ0) is 8.36. The van der Waals surface area contributed by atoms with Crippen LogP contribution in [-0.4, -0.2) is 12.8 Å². The Bertz CT molecular complexity index is 125. The second-order valence-electron chi connectivity index (χ2n) is 2.39. The molecule has 0 aromatic carbocycles. The Morgan fingerprint density at radius 1 is 1.00 bits per heavy atom. The minimum atomic E-state index is 0.886. The van der Waals surface area contributed by atoms with E-state index in [1.807, 2.05) is 18.4 Å².